The van der Waals surface area contributed by atoms with Crippen LogP contribution in [0, 0.1) is 11.7 Å². The molecule has 1 aliphatic rings. The zero-order chi connectivity index (χ0) is 20.6. The van der Waals surface area contributed by atoms with E-state index in [4.69, 9.17) is 23.2 Å². The van der Waals surface area contributed by atoms with Crippen molar-refractivity contribution in [3.8, 4) is 0 Å². The van der Waals surface area contributed by atoms with Crippen LogP contribution in [-0.2, 0) is 9.59 Å². The maximum atomic E-state index is 13.8. The molecule has 3 rings (SSSR count). The summed E-state index contributed by atoms with van der Waals surface area (Å²) < 4.78 is 13.8. The van der Waals surface area contributed by atoms with Gasteiger partial charge in [0, 0.05) is 12.1 Å². The first kappa shape index (κ1) is 20.4. The van der Waals surface area contributed by atoms with E-state index in [1.807, 2.05) is 13.8 Å². The normalized spacial score (nSPS) is 17.0. The minimum atomic E-state index is -0.935. The molecule has 1 unspecified atom stereocenters. The first-order valence-electron chi connectivity index (χ1n) is 8.71. The van der Waals surface area contributed by atoms with E-state index in [-0.39, 0.29) is 34.4 Å². The third-order valence-corrected chi connectivity index (χ3v) is 5.19. The summed E-state index contributed by atoms with van der Waals surface area (Å²) in [6, 6.07) is 9.18. The second-order valence-corrected chi connectivity index (χ2v) is 7.83. The molecule has 2 aromatic carbocycles. The fourth-order valence-corrected chi connectivity index (χ4v) is 3.57. The van der Waals surface area contributed by atoms with Crippen molar-refractivity contribution in [1.82, 2.24) is 0 Å². The van der Waals surface area contributed by atoms with Crippen LogP contribution in [-0.4, -0.2) is 16.8 Å². The topological polar surface area (TPSA) is 57.6 Å². The molecule has 1 N–H and O–H groups in total. The highest BCUT2D eigenvalue weighted by Gasteiger charge is 2.44. The SMILES string of the molecule is CC(C)CC(=O)C1=C(O)C(=O)N(c2cccc(F)c2)C1c1ccc(Cl)c(Cl)c1. The van der Waals surface area contributed by atoms with Crippen molar-refractivity contribution in [3.63, 3.8) is 0 Å². The van der Waals surface area contributed by atoms with Crippen LogP contribution >= 0.6 is 23.2 Å². The highest BCUT2D eigenvalue weighted by atomic mass is 35.5. The van der Waals surface area contributed by atoms with Crippen molar-refractivity contribution in [2.75, 3.05) is 4.90 Å². The monoisotopic (exact) mass is 421 g/mol. The molecule has 2 aromatic rings. The second kappa shape index (κ2) is 7.94. The highest BCUT2D eigenvalue weighted by Crippen LogP contribution is 2.42. The molecule has 0 bridgehead atoms. The van der Waals surface area contributed by atoms with Crippen LogP contribution in [0.25, 0.3) is 0 Å². The van der Waals surface area contributed by atoms with E-state index in [1.54, 1.807) is 12.1 Å². The van der Waals surface area contributed by atoms with Crippen LogP contribution in [0.3, 0.4) is 0 Å². The Hall–Kier alpha value is -2.37. The summed E-state index contributed by atoms with van der Waals surface area (Å²) >= 11 is 12.1. The zero-order valence-electron chi connectivity index (χ0n) is 15.2. The van der Waals surface area contributed by atoms with Gasteiger partial charge in [-0.05, 0) is 41.8 Å². The van der Waals surface area contributed by atoms with Gasteiger partial charge in [-0.3, -0.25) is 14.5 Å². The number of benzene rings is 2. The Labute approximate surface area is 172 Å². The minimum absolute atomic E-state index is 0.0265. The summed E-state index contributed by atoms with van der Waals surface area (Å²) in [6.45, 7) is 3.73. The van der Waals surface area contributed by atoms with E-state index in [9.17, 15) is 19.1 Å². The van der Waals surface area contributed by atoms with E-state index >= 15 is 0 Å². The zero-order valence-corrected chi connectivity index (χ0v) is 16.8. The number of anilines is 1. The van der Waals surface area contributed by atoms with Crippen LogP contribution < -0.4 is 4.90 Å². The molecule has 28 heavy (non-hydrogen) atoms. The third-order valence-electron chi connectivity index (χ3n) is 4.45. The molecule has 0 saturated carbocycles. The van der Waals surface area contributed by atoms with Gasteiger partial charge in [-0.2, -0.15) is 0 Å². The number of hydrogen-bond acceptors (Lipinski definition) is 3. The molecular formula is C21H18Cl2FNO3. The number of carbonyl (C=O) groups excluding carboxylic acids is 2. The van der Waals surface area contributed by atoms with Gasteiger partial charge >= 0.3 is 0 Å². The molecule has 0 spiro atoms. The summed E-state index contributed by atoms with van der Waals surface area (Å²) in [5, 5.41) is 11.1. The van der Waals surface area contributed by atoms with E-state index in [1.165, 1.54) is 35.2 Å². The molecule has 1 amide bonds. The Bertz CT molecular complexity index is 987. The van der Waals surface area contributed by atoms with Crippen LogP contribution in [0.15, 0.2) is 53.8 Å². The molecule has 1 heterocycles. The lowest BCUT2D eigenvalue weighted by Gasteiger charge is -2.27. The number of hydrogen-bond donors (Lipinski definition) is 1. The predicted molar refractivity (Wildman–Crippen MR) is 107 cm³/mol. The van der Waals surface area contributed by atoms with Gasteiger partial charge in [0.25, 0.3) is 5.91 Å². The van der Waals surface area contributed by atoms with Gasteiger partial charge in [-0.25, -0.2) is 4.39 Å². The number of aliphatic hydroxyl groups excluding tert-OH is 1. The fourth-order valence-electron chi connectivity index (χ4n) is 3.26. The lowest BCUT2D eigenvalue weighted by molar-refractivity contribution is -0.118. The first-order chi connectivity index (χ1) is 13.2. The van der Waals surface area contributed by atoms with Gasteiger partial charge in [0.1, 0.15) is 5.82 Å². The summed E-state index contributed by atoms with van der Waals surface area (Å²) in [5.41, 5.74) is 0.685. The van der Waals surface area contributed by atoms with Crippen LogP contribution in [0.1, 0.15) is 31.9 Å². The molecule has 0 saturated heterocycles. The van der Waals surface area contributed by atoms with E-state index in [2.05, 4.69) is 0 Å². The lowest BCUT2D eigenvalue weighted by Crippen LogP contribution is -2.31. The Morgan fingerprint density at radius 2 is 1.89 bits per heavy atom. The van der Waals surface area contributed by atoms with Crippen LogP contribution in [0.2, 0.25) is 10.0 Å². The predicted octanol–water partition coefficient (Wildman–Crippen LogP) is 5.65. The molecule has 7 heteroatoms. The summed E-state index contributed by atoms with van der Waals surface area (Å²) in [4.78, 5) is 26.9. The van der Waals surface area contributed by atoms with Gasteiger partial charge in [-0.1, -0.05) is 49.2 Å². The average molecular weight is 422 g/mol. The van der Waals surface area contributed by atoms with Crippen molar-refractivity contribution in [2.24, 2.45) is 5.92 Å². The molecule has 146 valence electrons. The molecule has 0 aromatic heterocycles. The Morgan fingerprint density at radius 3 is 2.50 bits per heavy atom. The molecule has 0 aliphatic carbocycles. The van der Waals surface area contributed by atoms with Gasteiger partial charge in [0.2, 0.25) is 0 Å². The van der Waals surface area contributed by atoms with E-state index in [0.29, 0.717) is 10.6 Å². The third kappa shape index (κ3) is 3.77. The van der Waals surface area contributed by atoms with Crippen molar-refractivity contribution in [3.05, 3.63) is 75.2 Å². The standard InChI is InChI=1S/C21H18Cl2FNO3/c1-11(2)8-17(26)18-19(12-6-7-15(22)16(23)9-12)25(21(28)20(18)27)14-5-3-4-13(24)10-14/h3-7,9-11,19,27H,8H2,1-2H3. The molecule has 1 aliphatic heterocycles. The van der Waals surface area contributed by atoms with Crippen LogP contribution in [0.5, 0.6) is 0 Å². The van der Waals surface area contributed by atoms with Crippen molar-refractivity contribution in [2.45, 2.75) is 26.3 Å². The van der Waals surface area contributed by atoms with Crippen molar-refractivity contribution < 1.29 is 19.1 Å². The minimum Gasteiger partial charge on any atom is -0.503 e. The molecule has 0 fully saturated rings. The van der Waals surface area contributed by atoms with Crippen molar-refractivity contribution in [1.29, 1.82) is 0 Å². The maximum Gasteiger partial charge on any atom is 0.294 e. The fraction of sp³-hybridized carbons (Fsp3) is 0.238. The largest absolute Gasteiger partial charge is 0.503 e. The number of rotatable bonds is 5. The number of halogens is 3. The Morgan fingerprint density at radius 1 is 1.18 bits per heavy atom. The van der Waals surface area contributed by atoms with Gasteiger partial charge in [-0.15, -0.1) is 0 Å². The van der Waals surface area contributed by atoms with E-state index < -0.39 is 23.5 Å². The number of amides is 1. The quantitative estimate of drug-likeness (QED) is 0.678. The number of aliphatic hydroxyl groups is 1. The Balaban J connectivity index is 2.18. The van der Waals surface area contributed by atoms with Gasteiger partial charge < -0.3 is 5.11 Å². The Kier molecular flexibility index (Phi) is 5.77. The summed E-state index contributed by atoms with van der Waals surface area (Å²) in [7, 11) is 0. The molecule has 1 atom stereocenters. The highest BCUT2D eigenvalue weighted by molar-refractivity contribution is 6.42. The maximum absolute atomic E-state index is 13.8. The average Bonchev–Trinajstić information content (AvgIpc) is 2.88. The number of carbonyl (C=O) groups is 2. The summed E-state index contributed by atoms with van der Waals surface area (Å²) in [6.07, 6.45) is 0.154. The number of Topliss-reactive ketones (excluding diaryl/α,β-unsaturated/α-hetero) is 1. The molecular weight excluding hydrogens is 404 g/mol. The number of nitrogens with zero attached hydrogens (tertiary/aromatic N) is 1. The van der Waals surface area contributed by atoms with Gasteiger partial charge in [0.15, 0.2) is 11.5 Å². The van der Waals surface area contributed by atoms with Gasteiger partial charge in [0.05, 0.1) is 21.7 Å². The second-order valence-electron chi connectivity index (χ2n) is 7.01. The smallest absolute Gasteiger partial charge is 0.294 e. The van der Waals surface area contributed by atoms with Crippen molar-refractivity contribution >= 4 is 40.6 Å². The molecule has 0 radical (unpaired) electrons. The first-order valence-corrected chi connectivity index (χ1v) is 9.46. The summed E-state index contributed by atoms with van der Waals surface area (Å²) in [5.74, 6) is -2.27. The van der Waals surface area contributed by atoms with Crippen LogP contribution in [0.4, 0.5) is 10.1 Å². The van der Waals surface area contributed by atoms with E-state index in [0.717, 1.165) is 0 Å². The number of ketones is 1. The molecule has 4 nitrogen and oxygen atoms in total. The lowest BCUT2D eigenvalue weighted by atomic mass is 9.92.